The van der Waals surface area contributed by atoms with Gasteiger partial charge in [-0.2, -0.15) is 0 Å². The summed E-state index contributed by atoms with van der Waals surface area (Å²) >= 11 is 0. The molecule has 0 fully saturated rings. The predicted octanol–water partition coefficient (Wildman–Crippen LogP) is 22.3. The highest BCUT2D eigenvalue weighted by atomic mass is 16.5. The summed E-state index contributed by atoms with van der Waals surface area (Å²) in [5, 5.41) is 103. The fourth-order valence-electron chi connectivity index (χ4n) is 15.4. The number of hydrogen-bond donors (Lipinski definition) is 10. The van der Waals surface area contributed by atoms with Crippen LogP contribution in [0.5, 0.6) is 80.5 Å². The zero-order valence-electron chi connectivity index (χ0n) is 71.5. The van der Waals surface area contributed by atoms with Gasteiger partial charge in [0.2, 0.25) is 21.7 Å². The van der Waals surface area contributed by atoms with Crippen molar-refractivity contribution in [2.24, 2.45) is 11.8 Å². The largest absolute Gasteiger partial charge is 0.508 e. The molecule has 16 rings (SSSR count). The topological polar surface area (TPSA) is 360 Å². The zero-order chi connectivity index (χ0) is 88.3. The highest BCUT2D eigenvalue weighted by Crippen LogP contribution is 2.51. The van der Waals surface area contributed by atoms with Crippen LogP contribution in [0.25, 0.3) is 101 Å². The summed E-state index contributed by atoms with van der Waals surface area (Å²) in [7, 11) is 0. The van der Waals surface area contributed by atoms with Crippen molar-refractivity contribution in [3.8, 4) is 125 Å². The first kappa shape index (κ1) is 89.0. The summed E-state index contributed by atoms with van der Waals surface area (Å²) in [4.78, 5) is 53.6. The standard InChI is InChI=1S/C25H28O6.C25H24O6.C25H28O5.C25H24O5.CH4/c2*1-13(2)5-7-15-21(28)20-22(29)17(14-6-8-18(26)19(27)11-14)12-30-24(20)16-9-10-25(3,4)31-23(15)16;2*1-14(2)5-10-17-21(27)20-22(28)19(15-6-8-16(26)9-7-15)13-29-24(20)18-11-12-25(3,4)30-23(17)18;/h6,8,11-13,26-28H,5,7,9-10H2,1-4H3;5-6,8-12,26-28H,7H2,1-4H3;6-9,13-14,26-27H,5,10-12H2,1-4H3;5-9,11-13,26-27H,10H2,1-4H3;1H4. The van der Waals surface area contributed by atoms with Gasteiger partial charge in [-0.05, 0) is 254 Å². The van der Waals surface area contributed by atoms with E-state index in [0.717, 1.165) is 54.4 Å². The maximum atomic E-state index is 13.4. The number of allylic oxidation sites excluding steroid dienone is 4. The minimum atomic E-state index is -0.573. The van der Waals surface area contributed by atoms with Crippen LogP contribution < -0.4 is 40.7 Å². The van der Waals surface area contributed by atoms with E-state index < -0.39 is 16.6 Å². The second kappa shape index (κ2) is 34.7. The van der Waals surface area contributed by atoms with Crippen LogP contribution in [0.15, 0.2) is 182 Å². The average molecular weight is 1670 g/mol. The highest BCUT2D eigenvalue weighted by Gasteiger charge is 2.38. The molecule has 4 aromatic heterocycles. The Kier molecular flexibility index (Phi) is 25.1. The van der Waals surface area contributed by atoms with E-state index >= 15 is 0 Å². The maximum absolute atomic E-state index is 13.4. The summed E-state index contributed by atoms with van der Waals surface area (Å²) in [6, 6.07) is 20.9. The third-order valence-corrected chi connectivity index (χ3v) is 22.3. The van der Waals surface area contributed by atoms with Crippen molar-refractivity contribution in [2.45, 2.75) is 205 Å². The number of hydrogen-bond acceptors (Lipinski definition) is 22. The van der Waals surface area contributed by atoms with E-state index in [1.807, 2.05) is 120 Å². The lowest BCUT2D eigenvalue weighted by Gasteiger charge is -2.34. The summed E-state index contributed by atoms with van der Waals surface area (Å²) in [5.74, 6) is 1.70. The van der Waals surface area contributed by atoms with Crippen molar-refractivity contribution < 1.29 is 87.7 Å². The molecule has 8 aromatic carbocycles. The Hall–Kier alpha value is -13.2. The van der Waals surface area contributed by atoms with Crippen LogP contribution in [0.4, 0.5) is 0 Å². The smallest absolute Gasteiger partial charge is 0.204 e. The van der Waals surface area contributed by atoms with Gasteiger partial charge < -0.3 is 87.7 Å². The van der Waals surface area contributed by atoms with Crippen LogP contribution in [0.2, 0.25) is 0 Å². The molecular formula is C101H108O22. The van der Waals surface area contributed by atoms with Gasteiger partial charge in [-0.25, -0.2) is 0 Å². The van der Waals surface area contributed by atoms with Gasteiger partial charge in [-0.3, -0.25) is 19.2 Å². The first-order valence-electron chi connectivity index (χ1n) is 40.9. The molecule has 0 spiro atoms. The van der Waals surface area contributed by atoms with Crippen LogP contribution in [0.1, 0.15) is 188 Å². The Morgan fingerprint density at radius 3 is 1.00 bits per heavy atom. The molecule has 10 N–H and O–H groups in total. The number of aryl methyl sites for hydroxylation is 2. The van der Waals surface area contributed by atoms with Crippen molar-refractivity contribution in [3.05, 3.63) is 231 Å². The molecule has 4 aliphatic rings. The predicted molar refractivity (Wildman–Crippen MR) is 481 cm³/mol. The highest BCUT2D eigenvalue weighted by molar-refractivity contribution is 6.00. The minimum Gasteiger partial charge on any atom is -0.508 e. The Labute approximate surface area is 712 Å². The Morgan fingerprint density at radius 2 is 0.683 bits per heavy atom. The molecule has 8 heterocycles. The monoisotopic (exact) mass is 1670 g/mol. The molecule has 0 amide bonds. The Morgan fingerprint density at radius 1 is 0.382 bits per heavy atom. The van der Waals surface area contributed by atoms with Gasteiger partial charge in [0.25, 0.3) is 0 Å². The SMILES string of the molecule is C.CC(C)=CCc1c2c(c3occ(-c4ccc(O)c(O)c4)c(=O)c3c1O)C=CC(C)(C)O2.CC(C)=CCc1c2c(c3occ(-c4ccc(O)cc4)c(=O)c3c1O)C=CC(C)(C)O2.CC(C)CCc1c2c(c3occ(-c4ccc(O)c(O)c4)c(=O)c3c1O)CCC(C)(C)O2.CC(C)CCc1c2c(c3occ(-c4ccc(O)cc4)c(=O)c3c1O)CCC(C)(C)O2. The van der Waals surface area contributed by atoms with Gasteiger partial charge in [0.05, 0.1) is 33.4 Å². The Bertz CT molecular complexity index is 6520. The van der Waals surface area contributed by atoms with Gasteiger partial charge in [0.1, 0.15) is 138 Å². The molecule has 0 saturated carbocycles. The number of fused-ring (bicyclic) bond motifs is 12. The van der Waals surface area contributed by atoms with Crippen molar-refractivity contribution in [1.29, 1.82) is 0 Å². The van der Waals surface area contributed by atoms with E-state index in [1.165, 1.54) is 85.7 Å². The van der Waals surface area contributed by atoms with Crippen LogP contribution >= 0.6 is 0 Å². The normalized spacial score (nSPS) is 14.6. The van der Waals surface area contributed by atoms with Gasteiger partial charge in [-0.1, -0.05) is 94.8 Å². The molecule has 123 heavy (non-hydrogen) atoms. The van der Waals surface area contributed by atoms with E-state index in [0.29, 0.717) is 150 Å². The average Bonchev–Trinajstić information content (AvgIpc) is 0.749. The molecule has 0 aliphatic carbocycles. The number of phenolic OH excluding ortho intramolecular Hbond substituents is 10. The van der Waals surface area contributed by atoms with Gasteiger partial charge >= 0.3 is 0 Å². The van der Waals surface area contributed by atoms with E-state index in [9.17, 15) is 70.2 Å². The third kappa shape index (κ3) is 18.2. The number of ether oxygens (including phenoxy) is 4. The summed E-state index contributed by atoms with van der Waals surface area (Å²) in [6.45, 7) is 32.1. The second-order valence-corrected chi connectivity index (χ2v) is 35.3. The molecule has 0 radical (unpaired) electrons. The molecule has 0 atom stereocenters. The lowest BCUT2D eigenvalue weighted by molar-refractivity contribution is 0.0826. The molecule has 22 nitrogen and oxygen atoms in total. The number of rotatable bonds is 14. The lowest BCUT2D eigenvalue weighted by Crippen LogP contribution is -2.33. The molecule has 0 unspecified atom stereocenters. The van der Waals surface area contributed by atoms with Gasteiger partial charge in [-0.15, -0.1) is 0 Å². The summed E-state index contributed by atoms with van der Waals surface area (Å²) < 4.78 is 48.4. The number of aromatic hydroxyl groups is 10. The molecule has 0 saturated heterocycles. The zero-order valence-corrected chi connectivity index (χ0v) is 71.5. The molecule has 12 aromatic rings. The molecular weight excluding hydrogens is 1570 g/mol. The molecule has 22 heteroatoms. The number of phenols is 10. The quantitative estimate of drug-likeness (QED) is 0.0357. The molecule has 4 aliphatic heterocycles. The second-order valence-electron chi connectivity index (χ2n) is 35.3. The van der Waals surface area contributed by atoms with E-state index in [-0.39, 0.29) is 131 Å². The maximum Gasteiger partial charge on any atom is 0.204 e. The van der Waals surface area contributed by atoms with Crippen molar-refractivity contribution in [1.82, 2.24) is 0 Å². The van der Waals surface area contributed by atoms with Gasteiger partial charge in [0, 0.05) is 33.4 Å². The van der Waals surface area contributed by atoms with Crippen LogP contribution in [-0.2, 0) is 38.5 Å². The van der Waals surface area contributed by atoms with Crippen LogP contribution in [-0.4, -0.2) is 73.5 Å². The Balaban J connectivity index is 0.000000149. The molecule has 0 bridgehead atoms. The van der Waals surface area contributed by atoms with E-state index in [2.05, 4.69) is 27.7 Å². The fourth-order valence-corrected chi connectivity index (χ4v) is 15.4. The van der Waals surface area contributed by atoms with Crippen LogP contribution in [0, 0.1) is 11.8 Å². The third-order valence-electron chi connectivity index (χ3n) is 22.3. The van der Waals surface area contributed by atoms with E-state index in [4.69, 9.17) is 36.6 Å². The number of benzene rings is 8. The summed E-state index contributed by atoms with van der Waals surface area (Å²) in [5.41, 5.74) is 8.48. The lowest BCUT2D eigenvalue weighted by atomic mass is 9.88. The van der Waals surface area contributed by atoms with Crippen LogP contribution in [0.3, 0.4) is 0 Å². The van der Waals surface area contributed by atoms with Crippen molar-refractivity contribution in [2.75, 3.05) is 0 Å². The minimum absolute atomic E-state index is 0. The van der Waals surface area contributed by atoms with Crippen molar-refractivity contribution in [3.63, 3.8) is 0 Å². The van der Waals surface area contributed by atoms with E-state index in [1.54, 1.807) is 24.3 Å². The summed E-state index contributed by atoms with van der Waals surface area (Å²) in [6.07, 6.45) is 23.6. The molecule has 644 valence electrons. The fraction of sp³-hybridized carbons (Fsp3) is 0.327. The first-order chi connectivity index (χ1) is 57.5. The van der Waals surface area contributed by atoms with Gasteiger partial charge in [0.15, 0.2) is 34.2 Å². The van der Waals surface area contributed by atoms with Crippen molar-refractivity contribution >= 4 is 56.0 Å². The first-order valence-corrected chi connectivity index (χ1v) is 40.9.